The van der Waals surface area contributed by atoms with Crippen LogP contribution in [0.15, 0.2) is 30.3 Å². The summed E-state index contributed by atoms with van der Waals surface area (Å²) in [6.45, 7) is -7.63. The molecular formula is C15H19N3O2S. The average molecular weight is 313 g/mol. The number of carbonyl (C=O) groups is 2. The van der Waals surface area contributed by atoms with Gasteiger partial charge in [0.05, 0.1) is 7.06 Å². The number of hydrogen-bond donors (Lipinski definition) is 1. The SMILES string of the molecule is [2H]C([2H])([2H])C([2H])(C([2H])([2H])[2H])[C@@]1([2H])C(=O)N(c2ccccc2)C(=S)N1CCC(N)=O. The molecule has 1 heterocycles. The van der Waals surface area contributed by atoms with Crippen LogP contribution in [0.2, 0.25) is 0 Å². The van der Waals surface area contributed by atoms with E-state index in [1.54, 1.807) is 18.2 Å². The average Bonchev–Trinajstić information content (AvgIpc) is 2.78. The highest BCUT2D eigenvalue weighted by molar-refractivity contribution is 7.80. The fourth-order valence-electron chi connectivity index (χ4n) is 2.00. The third-order valence-corrected chi connectivity index (χ3v) is 3.33. The molecule has 0 unspecified atom stereocenters. The van der Waals surface area contributed by atoms with E-state index in [1.165, 1.54) is 12.1 Å². The molecule has 1 aliphatic heterocycles. The number of anilines is 1. The van der Waals surface area contributed by atoms with Crippen LogP contribution in [0.1, 0.15) is 31.1 Å². The van der Waals surface area contributed by atoms with Gasteiger partial charge in [-0.3, -0.25) is 14.5 Å². The van der Waals surface area contributed by atoms with E-state index in [2.05, 4.69) is 0 Å². The monoisotopic (exact) mass is 313 g/mol. The lowest BCUT2D eigenvalue weighted by molar-refractivity contribution is -0.122. The van der Waals surface area contributed by atoms with E-state index in [0.29, 0.717) is 4.90 Å². The highest BCUT2D eigenvalue weighted by atomic mass is 32.1. The van der Waals surface area contributed by atoms with Gasteiger partial charge >= 0.3 is 0 Å². The number of hydrogen-bond acceptors (Lipinski definition) is 3. The maximum Gasteiger partial charge on any atom is 0.256 e. The van der Waals surface area contributed by atoms with Gasteiger partial charge in [-0.1, -0.05) is 31.9 Å². The van der Waals surface area contributed by atoms with Crippen molar-refractivity contribution in [3.63, 3.8) is 0 Å². The van der Waals surface area contributed by atoms with Crippen molar-refractivity contribution in [2.75, 3.05) is 11.4 Å². The first kappa shape index (κ1) is 7.89. The molecule has 6 heteroatoms. The highest BCUT2D eigenvalue weighted by Gasteiger charge is 2.44. The third-order valence-electron chi connectivity index (χ3n) is 2.93. The van der Waals surface area contributed by atoms with E-state index in [9.17, 15) is 9.59 Å². The summed E-state index contributed by atoms with van der Waals surface area (Å²) in [5, 5.41) is -0.387. The highest BCUT2D eigenvalue weighted by Crippen LogP contribution is 2.28. The molecule has 0 aliphatic carbocycles. The molecule has 21 heavy (non-hydrogen) atoms. The third kappa shape index (κ3) is 3.05. The molecule has 112 valence electrons. The van der Waals surface area contributed by atoms with Crippen LogP contribution in [-0.2, 0) is 9.59 Å². The lowest BCUT2D eigenvalue weighted by Crippen LogP contribution is -2.40. The summed E-state index contributed by atoms with van der Waals surface area (Å²) in [4.78, 5) is 26.1. The molecule has 1 fully saturated rings. The first-order chi connectivity index (χ1) is 13.1. The molecule has 0 saturated carbocycles. The van der Waals surface area contributed by atoms with E-state index in [0.717, 1.165) is 4.90 Å². The second-order valence-electron chi connectivity index (χ2n) is 4.35. The summed E-state index contributed by atoms with van der Waals surface area (Å²) in [6, 6.07) is 4.52. The van der Waals surface area contributed by atoms with Crippen LogP contribution < -0.4 is 10.6 Å². The van der Waals surface area contributed by atoms with Crippen LogP contribution in [0.4, 0.5) is 5.69 Å². The normalized spacial score (nSPS) is 29.5. The van der Waals surface area contributed by atoms with Gasteiger partial charge in [0.2, 0.25) is 5.91 Å². The van der Waals surface area contributed by atoms with Crippen LogP contribution in [-0.4, -0.2) is 34.4 Å². The molecule has 0 bridgehead atoms. The minimum Gasteiger partial charge on any atom is -0.370 e. The van der Waals surface area contributed by atoms with Crippen LogP contribution in [0.25, 0.3) is 0 Å². The molecular weight excluding hydrogens is 286 g/mol. The Morgan fingerprint density at radius 3 is 2.76 bits per heavy atom. The quantitative estimate of drug-likeness (QED) is 0.837. The van der Waals surface area contributed by atoms with Gasteiger partial charge in [-0.2, -0.15) is 0 Å². The van der Waals surface area contributed by atoms with Gasteiger partial charge in [0.1, 0.15) is 6.02 Å². The minimum atomic E-state index is -3.57. The number of nitrogens with two attached hydrogens (primary N) is 1. The van der Waals surface area contributed by atoms with Crippen LogP contribution in [0.5, 0.6) is 0 Å². The summed E-state index contributed by atoms with van der Waals surface area (Å²) in [5.41, 5.74) is 5.29. The summed E-state index contributed by atoms with van der Waals surface area (Å²) >= 11 is 5.24. The van der Waals surface area contributed by atoms with Gasteiger partial charge in [0.25, 0.3) is 5.91 Å². The summed E-state index contributed by atoms with van der Waals surface area (Å²) < 4.78 is 63.4. The Morgan fingerprint density at radius 2 is 2.19 bits per heavy atom. The Labute approximate surface area is 140 Å². The Kier molecular flexibility index (Phi) is 2.34. The second kappa shape index (κ2) is 6.22. The van der Waals surface area contributed by atoms with Crippen molar-refractivity contribution < 1.29 is 20.6 Å². The van der Waals surface area contributed by atoms with Gasteiger partial charge in [-0.05, 0) is 30.2 Å². The molecule has 0 aromatic heterocycles. The predicted molar refractivity (Wildman–Crippen MR) is 85.7 cm³/mol. The molecule has 2 rings (SSSR count). The van der Waals surface area contributed by atoms with Crippen molar-refractivity contribution in [3.05, 3.63) is 30.3 Å². The van der Waals surface area contributed by atoms with E-state index < -0.39 is 50.4 Å². The lowest BCUT2D eigenvalue weighted by atomic mass is 10.0. The van der Waals surface area contributed by atoms with E-state index in [4.69, 9.17) is 28.9 Å². The van der Waals surface area contributed by atoms with E-state index >= 15 is 0 Å². The molecule has 0 radical (unpaired) electrons. The molecule has 1 aliphatic rings. The molecule has 1 aromatic carbocycles. The number of benzene rings is 1. The van der Waals surface area contributed by atoms with Crippen LogP contribution in [0, 0.1) is 5.89 Å². The maximum atomic E-state index is 13.3. The molecule has 2 amide bonds. The van der Waals surface area contributed by atoms with Crippen molar-refractivity contribution >= 4 is 34.8 Å². The smallest absolute Gasteiger partial charge is 0.256 e. The summed E-state index contributed by atoms with van der Waals surface area (Å²) in [6.07, 6.45) is -0.436. The topological polar surface area (TPSA) is 66.6 Å². The second-order valence-corrected chi connectivity index (χ2v) is 4.72. The molecule has 2 N–H and O–H groups in total. The Morgan fingerprint density at radius 1 is 1.52 bits per heavy atom. The summed E-state index contributed by atoms with van der Waals surface area (Å²) in [7, 11) is 0. The molecule has 1 aromatic rings. The lowest BCUT2D eigenvalue weighted by Gasteiger charge is -2.25. The standard InChI is InChI=1S/C15H19N3O2S/c1-10(2)13-14(20)18(11-6-4-3-5-7-11)15(21)17(13)9-8-12(16)19/h3-7,10,13H,8-9H2,1-2H3,(H2,16,19)/t13-/m0/s1/i1D3,2D3,10D,13D. The predicted octanol–water partition coefficient (Wildman–Crippen LogP) is 1.52. The van der Waals surface area contributed by atoms with Crippen molar-refractivity contribution in [1.82, 2.24) is 4.90 Å². The van der Waals surface area contributed by atoms with E-state index in [1.807, 2.05) is 0 Å². The van der Waals surface area contributed by atoms with Crippen LogP contribution >= 0.6 is 12.2 Å². The van der Waals surface area contributed by atoms with Gasteiger partial charge in [-0.25, -0.2) is 0 Å². The largest absolute Gasteiger partial charge is 0.370 e. The van der Waals surface area contributed by atoms with Crippen molar-refractivity contribution in [2.24, 2.45) is 11.6 Å². The number of rotatable bonds is 5. The number of primary amides is 1. The number of para-hydroxylation sites is 1. The Bertz CT molecular complexity index is 815. The minimum absolute atomic E-state index is 0.166. The van der Waals surface area contributed by atoms with Crippen LogP contribution in [0.3, 0.4) is 0 Å². The zero-order chi connectivity index (χ0) is 22.4. The van der Waals surface area contributed by atoms with Crippen molar-refractivity contribution in [3.8, 4) is 0 Å². The van der Waals surface area contributed by atoms with Gasteiger partial charge < -0.3 is 10.6 Å². The zero-order valence-electron chi connectivity index (χ0n) is 19.0. The first-order valence-corrected chi connectivity index (χ1v) is 6.51. The molecule has 1 atom stereocenters. The Balaban J connectivity index is 2.76. The zero-order valence-corrected chi connectivity index (χ0v) is 11.8. The number of carbonyl (C=O) groups excluding carboxylic acids is 2. The fourth-order valence-corrected chi connectivity index (χ4v) is 2.37. The molecule has 5 nitrogen and oxygen atoms in total. The molecule has 0 spiro atoms. The fraction of sp³-hybridized carbons (Fsp3) is 0.400. The van der Waals surface area contributed by atoms with Crippen molar-refractivity contribution in [1.29, 1.82) is 0 Å². The van der Waals surface area contributed by atoms with Gasteiger partial charge in [0, 0.05) is 22.6 Å². The van der Waals surface area contributed by atoms with Gasteiger partial charge in [0.15, 0.2) is 5.11 Å². The number of amides is 2. The molecule has 1 saturated heterocycles. The van der Waals surface area contributed by atoms with Crippen molar-refractivity contribution in [2.45, 2.75) is 26.1 Å². The number of nitrogens with zero attached hydrogens (tertiary/aromatic N) is 2. The van der Waals surface area contributed by atoms with E-state index in [-0.39, 0.29) is 10.8 Å². The number of thiocarbonyl (C=S) groups is 1. The summed E-state index contributed by atoms with van der Waals surface area (Å²) in [5.74, 6) is -5.71. The maximum absolute atomic E-state index is 13.3. The van der Waals surface area contributed by atoms with Gasteiger partial charge in [-0.15, -0.1) is 0 Å². The Hall–Kier alpha value is -1.95. The first-order valence-electron chi connectivity index (χ1n) is 10.1.